The van der Waals surface area contributed by atoms with E-state index in [0.717, 1.165) is 17.0 Å². The van der Waals surface area contributed by atoms with Crippen LogP contribution in [0.2, 0.25) is 0 Å². The summed E-state index contributed by atoms with van der Waals surface area (Å²) in [5.41, 5.74) is 0.610. The van der Waals surface area contributed by atoms with Crippen LogP contribution in [0.1, 0.15) is 52.8 Å². The molecule has 2 aromatic rings. The van der Waals surface area contributed by atoms with Gasteiger partial charge in [-0.1, -0.05) is 38.0 Å². The molecule has 0 unspecified atom stereocenters. The maximum atomic E-state index is 13.5. The Morgan fingerprint density at radius 2 is 1.87 bits per heavy atom. The zero-order chi connectivity index (χ0) is 31.7. The van der Waals surface area contributed by atoms with Crippen LogP contribution in [0.15, 0.2) is 48.5 Å². The lowest BCUT2D eigenvalue weighted by Gasteiger charge is -2.37. The molecule has 0 aromatic heterocycles. The predicted octanol–water partition coefficient (Wildman–Crippen LogP) is 4.67. The van der Waals surface area contributed by atoms with Gasteiger partial charge in [-0.15, -0.1) is 0 Å². The van der Waals surface area contributed by atoms with Gasteiger partial charge < -0.3 is 19.9 Å². The Morgan fingerprint density at radius 3 is 2.52 bits per heavy atom. The largest absolute Gasteiger partial charge is 0.493 e. The second-order valence-electron chi connectivity index (χ2n) is 7.40. The van der Waals surface area contributed by atoms with Crippen LogP contribution in [-0.4, -0.2) is 48.6 Å². The number of carbonyl (C=O) groups excluding carboxylic acids is 1. The van der Waals surface area contributed by atoms with Crippen molar-refractivity contribution >= 4 is 6.03 Å². The number of piperidine rings is 1. The van der Waals surface area contributed by atoms with Crippen LogP contribution < -0.4 is 10.1 Å². The molecule has 1 fully saturated rings. The van der Waals surface area contributed by atoms with Crippen molar-refractivity contribution in [1.82, 2.24) is 15.1 Å². The van der Waals surface area contributed by atoms with E-state index in [9.17, 15) is 9.18 Å². The zero-order valence-corrected chi connectivity index (χ0v) is 17.3. The number of carbonyl (C=O) groups is 1. The summed E-state index contributed by atoms with van der Waals surface area (Å²) in [4.78, 5) is 16.6. The number of ether oxygens (including phenoxy) is 1. The van der Waals surface area contributed by atoms with E-state index in [-0.39, 0.29) is 17.9 Å². The van der Waals surface area contributed by atoms with E-state index >= 15 is 0 Å². The van der Waals surface area contributed by atoms with Gasteiger partial charge in [-0.25, -0.2) is 9.18 Å². The Bertz CT molecular complexity index is 1200. The summed E-state index contributed by atoms with van der Waals surface area (Å²) in [5, 5.41) is 2.69. The summed E-state index contributed by atoms with van der Waals surface area (Å²) < 4.78 is 105. The standard InChI is InChI=1S/C25H34FN3O2/c1-19(2)18-31-24-10-6-20(7-11-24)16-27-25(30)29(23-12-14-28(3)15-13-23)17-21-4-8-22(26)9-5-21/h4-11,19,23H,12-18H2,1-3H3,(H,27,30)/i1D3,2D3,17D2,18D2,19D. The van der Waals surface area contributed by atoms with E-state index in [2.05, 4.69) is 10.2 Å². The summed E-state index contributed by atoms with van der Waals surface area (Å²) in [5.74, 6) is -4.35. The van der Waals surface area contributed by atoms with Crippen molar-refractivity contribution in [3.63, 3.8) is 0 Å². The lowest BCUT2D eigenvalue weighted by molar-refractivity contribution is 0.127. The van der Waals surface area contributed by atoms with Crippen molar-refractivity contribution in [2.75, 3.05) is 26.7 Å². The molecule has 0 atom stereocenters. The van der Waals surface area contributed by atoms with Gasteiger partial charge in [0.25, 0.3) is 0 Å². The van der Waals surface area contributed by atoms with E-state index in [1.54, 1.807) is 0 Å². The topological polar surface area (TPSA) is 44.8 Å². The second kappa shape index (κ2) is 11.1. The van der Waals surface area contributed by atoms with Gasteiger partial charge in [0.1, 0.15) is 11.6 Å². The minimum Gasteiger partial charge on any atom is -0.493 e. The minimum atomic E-state index is -3.58. The monoisotopic (exact) mass is 438 g/mol. The molecular formula is C25H34FN3O2. The fourth-order valence-electron chi connectivity index (χ4n) is 3.27. The van der Waals surface area contributed by atoms with Crippen LogP contribution in [0.4, 0.5) is 9.18 Å². The molecule has 31 heavy (non-hydrogen) atoms. The maximum Gasteiger partial charge on any atom is 0.318 e. The number of nitrogens with one attached hydrogen (secondary N) is 1. The summed E-state index contributed by atoms with van der Waals surface area (Å²) in [6, 6.07) is 9.07. The first kappa shape index (κ1) is 12.4. The van der Waals surface area contributed by atoms with Crippen LogP contribution in [0, 0.1) is 11.7 Å². The molecule has 3 rings (SSSR count). The molecular weight excluding hydrogens is 393 g/mol. The van der Waals surface area contributed by atoms with Crippen molar-refractivity contribution in [3.8, 4) is 5.75 Å². The van der Waals surface area contributed by atoms with E-state index in [0.29, 0.717) is 31.5 Å². The quantitative estimate of drug-likeness (QED) is 0.652. The van der Waals surface area contributed by atoms with Gasteiger partial charge >= 0.3 is 6.03 Å². The van der Waals surface area contributed by atoms with E-state index in [4.69, 9.17) is 19.8 Å². The normalized spacial score (nSPS) is 22.5. The SMILES string of the molecule is [2H]C([2H])(c1ccc(F)cc1)N(C(=O)NCc1ccc(OC([2H])([2H])C([2H])(C([2H])([2H])[2H])C([2H])([2H])[2H])cc1)C1CCN(C)CC1. The van der Waals surface area contributed by atoms with Crippen LogP contribution in [0.5, 0.6) is 5.75 Å². The van der Waals surface area contributed by atoms with Crippen molar-refractivity contribution in [1.29, 1.82) is 0 Å². The number of hydrogen-bond acceptors (Lipinski definition) is 3. The Balaban J connectivity index is 1.77. The third kappa shape index (κ3) is 7.24. The first-order valence-electron chi connectivity index (χ1n) is 15.5. The molecule has 2 aromatic carbocycles. The zero-order valence-electron chi connectivity index (χ0n) is 28.3. The van der Waals surface area contributed by atoms with Gasteiger partial charge in [-0.3, -0.25) is 0 Å². The van der Waals surface area contributed by atoms with Crippen LogP contribution in [-0.2, 0) is 13.0 Å². The summed E-state index contributed by atoms with van der Waals surface area (Å²) in [6.45, 7) is -11.5. The number of urea groups is 1. The molecule has 1 N–H and O–H groups in total. The molecule has 1 aliphatic rings. The van der Waals surface area contributed by atoms with Gasteiger partial charge in [0.2, 0.25) is 0 Å². The van der Waals surface area contributed by atoms with Crippen LogP contribution in [0.25, 0.3) is 0 Å². The second-order valence-corrected chi connectivity index (χ2v) is 7.40. The third-order valence-corrected chi connectivity index (χ3v) is 5.00. The summed E-state index contributed by atoms with van der Waals surface area (Å²) >= 11 is 0. The number of nitrogens with zero attached hydrogens (tertiary/aromatic N) is 2. The van der Waals surface area contributed by atoms with Crippen molar-refractivity contribution in [2.45, 2.75) is 45.6 Å². The molecule has 1 heterocycles. The Hall–Kier alpha value is -2.60. The number of rotatable bonds is 8. The van der Waals surface area contributed by atoms with E-state index in [1.807, 2.05) is 7.05 Å². The number of benzene rings is 2. The first-order chi connectivity index (χ1) is 19.2. The van der Waals surface area contributed by atoms with Gasteiger partial charge in [0, 0.05) is 28.7 Å². The Labute approximate surface area is 200 Å². The Kier molecular flexibility index (Phi) is 4.47. The minimum absolute atomic E-state index is 0.0679. The number of halogens is 1. The van der Waals surface area contributed by atoms with Crippen molar-refractivity contribution in [2.24, 2.45) is 5.89 Å². The lowest BCUT2D eigenvalue weighted by atomic mass is 10.0. The van der Waals surface area contributed by atoms with E-state index < -0.39 is 50.5 Å². The molecule has 0 bridgehead atoms. The summed E-state index contributed by atoms with van der Waals surface area (Å²) in [6.07, 6.45) is 1.06. The fraction of sp³-hybridized carbons (Fsp3) is 0.480. The van der Waals surface area contributed by atoms with Crippen LogP contribution >= 0.6 is 0 Å². The molecule has 168 valence electrons. The van der Waals surface area contributed by atoms with Gasteiger partial charge in [0.05, 0.1) is 12.0 Å². The smallest absolute Gasteiger partial charge is 0.318 e. The van der Waals surface area contributed by atoms with E-state index in [1.165, 1.54) is 36.4 Å². The number of likely N-dealkylation sites (tertiary alicyclic amines) is 1. The lowest BCUT2D eigenvalue weighted by Crippen LogP contribution is -2.49. The van der Waals surface area contributed by atoms with Crippen molar-refractivity contribution in [3.05, 3.63) is 65.5 Å². The molecule has 1 aliphatic heterocycles. The highest BCUT2D eigenvalue weighted by atomic mass is 19.1. The van der Waals surface area contributed by atoms with Gasteiger partial charge in [-0.2, -0.15) is 0 Å². The highest BCUT2D eigenvalue weighted by molar-refractivity contribution is 5.74. The number of hydrogen-bond donors (Lipinski definition) is 1. The molecule has 2 amide bonds. The predicted molar refractivity (Wildman–Crippen MR) is 121 cm³/mol. The molecule has 0 saturated carbocycles. The number of amides is 2. The van der Waals surface area contributed by atoms with Crippen LogP contribution in [0.3, 0.4) is 0 Å². The Morgan fingerprint density at radius 1 is 1.23 bits per heavy atom. The molecule has 0 radical (unpaired) electrons. The van der Waals surface area contributed by atoms with Gasteiger partial charge in [-0.05, 0) is 74.3 Å². The average molecular weight is 439 g/mol. The molecule has 0 aliphatic carbocycles. The first-order valence-corrected chi connectivity index (χ1v) is 10.0. The molecule has 6 heteroatoms. The fourth-order valence-corrected chi connectivity index (χ4v) is 3.27. The van der Waals surface area contributed by atoms with Crippen molar-refractivity contribution < 1.29 is 29.0 Å². The van der Waals surface area contributed by atoms with Gasteiger partial charge in [0.15, 0.2) is 0 Å². The maximum absolute atomic E-state index is 13.5. The average Bonchev–Trinajstić information content (AvgIpc) is 2.87. The highest BCUT2D eigenvalue weighted by Gasteiger charge is 2.27. The molecule has 5 nitrogen and oxygen atoms in total. The molecule has 0 spiro atoms. The highest BCUT2D eigenvalue weighted by Crippen LogP contribution is 2.19. The molecule has 1 saturated heterocycles. The third-order valence-electron chi connectivity index (χ3n) is 5.00. The summed E-state index contributed by atoms with van der Waals surface area (Å²) in [7, 11) is 1.93.